The van der Waals surface area contributed by atoms with Gasteiger partial charge >= 0.3 is 0 Å². The first kappa shape index (κ1) is 25.9. The molecular weight excluding hydrogens is 585 g/mol. The summed E-state index contributed by atoms with van der Waals surface area (Å²) in [6.45, 7) is 0. The summed E-state index contributed by atoms with van der Waals surface area (Å²) in [4.78, 5) is 0. The van der Waals surface area contributed by atoms with Gasteiger partial charge in [-0.3, -0.25) is 0 Å². The first-order valence-corrected chi connectivity index (χ1v) is 17.7. The Morgan fingerprint density at radius 2 is 0.915 bits per heavy atom. The normalized spacial score (nSPS) is 13.6. The van der Waals surface area contributed by atoms with Gasteiger partial charge in [-0.25, -0.2) is 0 Å². The molecule has 0 amide bonds. The van der Waals surface area contributed by atoms with Gasteiger partial charge in [0.2, 0.25) is 0 Å². The monoisotopic (exact) mass is 614 g/mol. The Morgan fingerprint density at radius 3 is 1.57 bits per heavy atom. The smallest absolute Gasteiger partial charge is 0.0361 e. The van der Waals surface area contributed by atoms with Crippen LogP contribution < -0.4 is 0 Å². The molecule has 9 aromatic rings. The van der Waals surface area contributed by atoms with Gasteiger partial charge in [-0.05, 0) is 132 Å². The van der Waals surface area contributed by atoms with Crippen LogP contribution in [-0.4, -0.2) is 0 Å². The number of benzene rings is 8. The van der Waals surface area contributed by atoms with Crippen molar-refractivity contribution in [1.82, 2.24) is 0 Å². The first-order chi connectivity index (χ1) is 23.3. The van der Waals surface area contributed by atoms with E-state index in [1.807, 2.05) is 11.3 Å². The molecule has 11 rings (SSSR count). The maximum atomic E-state index is 2.48. The molecule has 0 spiro atoms. The van der Waals surface area contributed by atoms with E-state index in [9.17, 15) is 0 Å². The van der Waals surface area contributed by atoms with Gasteiger partial charge < -0.3 is 0 Å². The van der Waals surface area contributed by atoms with Crippen molar-refractivity contribution in [3.05, 3.63) is 156 Å². The molecule has 0 unspecified atom stereocenters. The summed E-state index contributed by atoms with van der Waals surface area (Å²) in [6.07, 6.45) is 4.82. The number of hydrogen-bond acceptors (Lipinski definition) is 1. The summed E-state index contributed by atoms with van der Waals surface area (Å²) in [7, 11) is 0. The van der Waals surface area contributed by atoms with Crippen molar-refractivity contribution >= 4 is 63.8 Å². The Bertz CT molecular complexity index is 2740. The lowest BCUT2D eigenvalue weighted by Crippen LogP contribution is -2.07. The number of hydrogen-bond donors (Lipinski definition) is 0. The van der Waals surface area contributed by atoms with Crippen molar-refractivity contribution in [3.8, 4) is 33.4 Å². The molecule has 1 aromatic heterocycles. The summed E-state index contributed by atoms with van der Waals surface area (Å²) >= 11 is 1.94. The molecule has 0 N–H and O–H groups in total. The van der Waals surface area contributed by atoms with Crippen LogP contribution in [-0.2, 0) is 25.7 Å². The van der Waals surface area contributed by atoms with Crippen LogP contribution in [0.5, 0.6) is 0 Å². The maximum absolute atomic E-state index is 2.48. The van der Waals surface area contributed by atoms with Crippen molar-refractivity contribution in [1.29, 1.82) is 0 Å². The zero-order valence-corrected chi connectivity index (χ0v) is 26.8. The lowest BCUT2D eigenvalue weighted by Gasteiger charge is -2.22. The molecule has 1 heterocycles. The van der Waals surface area contributed by atoms with Gasteiger partial charge in [-0.2, -0.15) is 0 Å². The van der Waals surface area contributed by atoms with Crippen molar-refractivity contribution in [2.45, 2.75) is 25.7 Å². The molecule has 8 aromatic carbocycles. The Balaban J connectivity index is 1.20. The lowest BCUT2D eigenvalue weighted by molar-refractivity contribution is 0.840. The van der Waals surface area contributed by atoms with Gasteiger partial charge in [0.1, 0.15) is 0 Å². The highest BCUT2D eigenvalue weighted by Gasteiger charge is 2.22. The molecule has 0 saturated heterocycles. The molecule has 0 bridgehead atoms. The van der Waals surface area contributed by atoms with Crippen LogP contribution in [0.1, 0.15) is 22.3 Å². The summed E-state index contributed by atoms with van der Waals surface area (Å²) < 4.78 is 2.79. The standard InChI is InChI=1S/C46H30S/c1-2-9-33-32(8-1)34(35-14-7-15-42-46(35)41-25-29-19-20-30(29)26-43(41)47-42)22-23-40(33)45-38-12-5-3-10-36(38)44(37-11-4-6-13-39(37)45)31-21-17-27-16-18-28(27)24-31/h1-15,17,21-26H,16,18-20H2. The minimum absolute atomic E-state index is 1.19. The van der Waals surface area contributed by atoms with E-state index in [0.717, 1.165) is 0 Å². The van der Waals surface area contributed by atoms with Gasteiger partial charge in [0.25, 0.3) is 0 Å². The first-order valence-electron chi connectivity index (χ1n) is 16.9. The van der Waals surface area contributed by atoms with E-state index in [2.05, 4.69) is 133 Å². The van der Waals surface area contributed by atoms with Crippen LogP contribution in [0.25, 0.3) is 85.9 Å². The van der Waals surface area contributed by atoms with Crippen molar-refractivity contribution in [2.75, 3.05) is 0 Å². The molecule has 0 nitrogen and oxygen atoms in total. The molecule has 2 aliphatic rings. The minimum atomic E-state index is 1.19. The van der Waals surface area contributed by atoms with Gasteiger partial charge in [0.05, 0.1) is 0 Å². The van der Waals surface area contributed by atoms with Crippen molar-refractivity contribution in [2.24, 2.45) is 0 Å². The molecule has 0 atom stereocenters. The van der Waals surface area contributed by atoms with E-state index in [1.165, 1.54) is 134 Å². The Hall–Kier alpha value is -5.24. The highest BCUT2D eigenvalue weighted by atomic mass is 32.1. The molecule has 0 saturated carbocycles. The second-order valence-corrected chi connectivity index (χ2v) is 14.5. The Kier molecular flexibility index (Phi) is 5.31. The third-order valence-corrected chi connectivity index (χ3v) is 12.2. The molecule has 1 heteroatoms. The Labute approximate surface area is 277 Å². The lowest BCUT2D eigenvalue weighted by atomic mass is 9.81. The van der Waals surface area contributed by atoms with E-state index in [0.29, 0.717) is 0 Å². The fourth-order valence-electron chi connectivity index (χ4n) is 8.57. The highest BCUT2D eigenvalue weighted by molar-refractivity contribution is 7.26. The van der Waals surface area contributed by atoms with Crippen LogP contribution in [0.3, 0.4) is 0 Å². The van der Waals surface area contributed by atoms with Gasteiger partial charge in [-0.15, -0.1) is 11.3 Å². The molecule has 0 radical (unpaired) electrons. The van der Waals surface area contributed by atoms with Crippen LogP contribution in [0, 0.1) is 0 Å². The zero-order valence-electron chi connectivity index (χ0n) is 25.9. The van der Waals surface area contributed by atoms with E-state index in [-0.39, 0.29) is 0 Å². The predicted molar refractivity (Wildman–Crippen MR) is 203 cm³/mol. The Morgan fingerprint density at radius 1 is 0.340 bits per heavy atom. The molecule has 2 aliphatic carbocycles. The second-order valence-electron chi connectivity index (χ2n) is 13.4. The van der Waals surface area contributed by atoms with Gasteiger partial charge in [0, 0.05) is 20.2 Å². The summed E-state index contributed by atoms with van der Waals surface area (Å²) in [6, 6.07) is 50.9. The molecule has 47 heavy (non-hydrogen) atoms. The molecular formula is C46H30S. The summed E-state index contributed by atoms with van der Waals surface area (Å²) in [5.41, 5.74) is 14.0. The zero-order chi connectivity index (χ0) is 30.6. The van der Waals surface area contributed by atoms with Crippen molar-refractivity contribution < 1.29 is 0 Å². The maximum Gasteiger partial charge on any atom is 0.0361 e. The minimum Gasteiger partial charge on any atom is -0.135 e. The summed E-state index contributed by atoms with van der Waals surface area (Å²) in [5.74, 6) is 0. The number of rotatable bonds is 3. The van der Waals surface area contributed by atoms with Crippen LogP contribution in [0.2, 0.25) is 0 Å². The highest BCUT2D eigenvalue weighted by Crippen LogP contribution is 2.48. The summed E-state index contributed by atoms with van der Waals surface area (Å²) in [5, 5.41) is 10.7. The predicted octanol–water partition coefficient (Wildman–Crippen LogP) is 12.7. The third kappa shape index (κ3) is 3.64. The van der Waals surface area contributed by atoms with Gasteiger partial charge in [0.15, 0.2) is 0 Å². The van der Waals surface area contributed by atoms with E-state index >= 15 is 0 Å². The quantitative estimate of drug-likeness (QED) is 0.174. The van der Waals surface area contributed by atoms with Crippen LogP contribution >= 0.6 is 11.3 Å². The second kappa shape index (κ2) is 9.64. The van der Waals surface area contributed by atoms with E-state index in [1.54, 1.807) is 0 Å². The van der Waals surface area contributed by atoms with Crippen LogP contribution in [0.4, 0.5) is 0 Å². The molecule has 220 valence electrons. The fourth-order valence-corrected chi connectivity index (χ4v) is 9.75. The average molecular weight is 615 g/mol. The van der Waals surface area contributed by atoms with E-state index < -0.39 is 0 Å². The van der Waals surface area contributed by atoms with Crippen molar-refractivity contribution in [3.63, 3.8) is 0 Å². The largest absolute Gasteiger partial charge is 0.135 e. The van der Waals surface area contributed by atoms with Gasteiger partial charge in [-0.1, -0.05) is 115 Å². The topological polar surface area (TPSA) is 0 Å². The molecule has 0 aliphatic heterocycles. The fraction of sp³-hybridized carbons (Fsp3) is 0.0870. The molecule has 0 fully saturated rings. The van der Waals surface area contributed by atoms with E-state index in [4.69, 9.17) is 0 Å². The SMILES string of the molecule is c1cc(-c2ccc(-c3c4ccccc4c(-c4ccc5c(c4)CC5)c4ccccc34)c3ccccc23)c2c(c1)sc1cc3c(cc12)CC3. The van der Waals surface area contributed by atoms with Crippen LogP contribution in [0.15, 0.2) is 133 Å². The third-order valence-electron chi connectivity index (χ3n) is 11.1. The number of thiophene rings is 1. The number of fused-ring (bicyclic) bond motifs is 8. The number of aryl methyl sites for hydroxylation is 4. The average Bonchev–Trinajstić information content (AvgIpc) is 3.46.